The third-order valence-electron chi connectivity index (χ3n) is 7.75. The molecular formula is C26H38N4O3S. The van der Waals surface area contributed by atoms with Crippen LogP contribution in [0, 0.1) is 17.8 Å². The van der Waals surface area contributed by atoms with Gasteiger partial charge in [-0.25, -0.2) is 0 Å². The molecular weight excluding hydrogens is 448 g/mol. The standard InChI is InChI=1S/C26H38N4O3S/c1-34-8-7-21(27)24(32)29-22(12-17-5-3-2-4-6-17)25(33)28-16-23(31)30-26-13-18-9-19(14-26)11-20(10-18)15-26/h2-6,18-22H,7-16,27H2,1H3,(H,28,33)(H,29,32)(H,30,31). The molecule has 4 aliphatic carbocycles. The van der Waals surface area contributed by atoms with Gasteiger partial charge in [0.15, 0.2) is 0 Å². The fraction of sp³-hybridized carbons (Fsp3) is 0.654. The summed E-state index contributed by atoms with van der Waals surface area (Å²) in [5.74, 6) is 2.13. The number of benzene rings is 1. The van der Waals surface area contributed by atoms with Crippen molar-refractivity contribution in [2.24, 2.45) is 23.5 Å². The van der Waals surface area contributed by atoms with Gasteiger partial charge in [0.05, 0.1) is 12.6 Å². The molecule has 5 N–H and O–H groups in total. The molecule has 34 heavy (non-hydrogen) atoms. The number of hydrogen-bond acceptors (Lipinski definition) is 5. The topological polar surface area (TPSA) is 113 Å². The highest BCUT2D eigenvalue weighted by atomic mass is 32.2. The normalized spacial score (nSPS) is 28.7. The van der Waals surface area contributed by atoms with Gasteiger partial charge in [0, 0.05) is 12.0 Å². The van der Waals surface area contributed by atoms with Crippen LogP contribution >= 0.6 is 11.8 Å². The van der Waals surface area contributed by atoms with E-state index in [0.717, 1.165) is 48.3 Å². The van der Waals surface area contributed by atoms with Crippen LogP contribution in [0.15, 0.2) is 30.3 Å². The van der Waals surface area contributed by atoms with Gasteiger partial charge < -0.3 is 21.7 Å². The zero-order chi connectivity index (χ0) is 24.1. The van der Waals surface area contributed by atoms with Crippen molar-refractivity contribution in [3.63, 3.8) is 0 Å². The van der Waals surface area contributed by atoms with Crippen LogP contribution in [0.25, 0.3) is 0 Å². The first kappa shape index (κ1) is 25.0. The number of nitrogens with one attached hydrogen (secondary N) is 3. The van der Waals surface area contributed by atoms with Gasteiger partial charge in [0.1, 0.15) is 6.04 Å². The van der Waals surface area contributed by atoms with Crippen molar-refractivity contribution < 1.29 is 14.4 Å². The molecule has 4 fully saturated rings. The predicted molar refractivity (Wildman–Crippen MR) is 135 cm³/mol. The van der Waals surface area contributed by atoms with Gasteiger partial charge in [-0.15, -0.1) is 0 Å². The molecule has 2 unspecified atom stereocenters. The average Bonchev–Trinajstić information content (AvgIpc) is 2.80. The summed E-state index contributed by atoms with van der Waals surface area (Å²) in [5, 5.41) is 8.86. The lowest BCUT2D eigenvalue weighted by Crippen LogP contribution is -2.61. The molecule has 186 valence electrons. The van der Waals surface area contributed by atoms with E-state index >= 15 is 0 Å². The zero-order valence-electron chi connectivity index (χ0n) is 20.1. The third kappa shape index (κ3) is 6.33. The lowest BCUT2D eigenvalue weighted by atomic mass is 9.53. The highest BCUT2D eigenvalue weighted by Gasteiger charge is 2.51. The lowest BCUT2D eigenvalue weighted by Gasteiger charge is -2.56. The van der Waals surface area contributed by atoms with E-state index < -0.39 is 12.1 Å². The Hall–Kier alpha value is -2.06. The van der Waals surface area contributed by atoms with Crippen molar-refractivity contribution in [3.8, 4) is 0 Å². The van der Waals surface area contributed by atoms with Gasteiger partial charge in [-0.2, -0.15) is 11.8 Å². The van der Waals surface area contributed by atoms with Crippen molar-refractivity contribution in [1.82, 2.24) is 16.0 Å². The molecule has 0 aromatic heterocycles. The van der Waals surface area contributed by atoms with Gasteiger partial charge in [0.2, 0.25) is 17.7 Å². The highest BCUT2D eigenvalue weighted by Crippen LogP contribution is 2.55. The maximum Gasteiger partial charge on any atom is 0.243 e. The Balaban J connectivity index is 1.33. The van der Waals surface area contributed by atoms with Crippen molar-refractivity contribution in [2.45, 2.75) is 69.0 Å². The fourth-order valence-corrected chi connectivity index (χ4v) is 7.10. The van der Waals surface area contributed by atoms with Crippen molar-refractivity contribution in [1.29, 1.82) is 0 Å². The molecule has 1 aromatic carbocycles. The Morgan fingerprint density at radius 1 is 1.03 bits per heavy atom. The van der Waals surface area contributed by atoms with Gasteiger partial charge in [-0.1, -0.05) is 30.3 Å². The van der Waals surface area contributed by atoms with Crippen LogP contribution in [0.2, 0.25) is 0 Å². The van der Waals surface area contributed by atoms with Crippen molar-refractivity contribution in [2.75, 3.05) is 18.6 Å². The van der Waals surface area contributed by atoms with E-state index in [0.29, 0.717) is 12.8 Å². The SMILES string of the molecule is CSCCC(N)C(=O)NC(Cc1ccccc1)C(=O)NCC(=O)NC12CC3CC(CC(C3)C1)C2. The Morgan fingerprint density at radius 2 is 1.65 bits per heavy atom. The monoisotopic (exact) mass is 486 g/mol. The number of hydrogen-bond donors (Lipinski definition) is 4. The first-order chi connectivity index (χ1) is 16.4. The number of carbonyl (C=O) groups excluding carboxylic acids is 3. The first-order valence-corrected chi connectivity index (χ1v) is 13.9. The first-order valence-electron chi connectivity index (χ1n) is 12.5. The van der Waals surface area contributed by atoms with Crippen LogP contribution in [-0.4, -0.2) is 53.9 Å². The molecule has 2 atom stereocenters. The molecule has 0 aliphatic heterocycles. The van der Waals surface area contributed by atoms with Crippen LogP contribution in [0.1, 0.15) is 50.5 Å². The van der Waals surface area contributed by atoms with E-state index in [1.165, 1.54) is 19.3 Å². The van der Waals surface area contributed by atoms with Crippen LogP contribution < -0.4 is 21.7 Å². The van der Waals surface area contributed by atoms with Gasteiger partial charge >= 0.3 is 0 Å². The molecule has 0 spiro atoms. The predicted octanol–water partition coefficient (Wildman–Crippen LogP) is 2.00. The molecule has 5 rings (SSSR count). The summed E-state index contributed by atoms with van der Waals surface area (Å²) >= 11 is 1.63. The smallest absolute Gasteiger partial charge is 0.243 e. The largest absolute Gasteiger partial charge is 0.349 e. The number of thioether (sulfide) groups is 1. The second-order valence-electron chi connectivity index (χ2n) is 10.6. The summed E-state index contributed by atoms with van der Waals surface area (Å²) in [4.78, 5) is 38.5. The van der Waals surface area contributed by atoms with Gasteiger partial charge in [-0.05, 0) is 80.3 Å². The molecule has 4 aliphatic rings. The van der Waals surface area contributed by atoms with E-state index in [9.17, 15) is 14.4 Å². The number of carbonyl (C=O) groups is 3. The number of rotatable bonds is 11. The van der Waals surface area contributed by atoms with Crippen molar-refractivity contribution in [3.05, 3.63) is 35.9 Å². The second-order valence-corrected chi connectivity index (χ2v) is 11.6. The second kappa shape index (κ2) is 11.1. The minimum Gasteiger partial charge on any atom is -0.349 e. The minimum atomic E-state index is -0.789. The van der Waals surface area contributed by atoms with Crippen LogP contribution in [0.4, 0.5) is 0 Å². The quantitative estimate of drug-likeness (QED) is 0.382. The van der Waals surface area contributed by atoms with Crippen molar-refractivity contribution >= 4 is 29.5 Å². The highest BCUT2D eigenvalue weighted by molar-refractivity contribution is 7.98. The van der Waals surface area contributed by atoms with Crippen LogP contribution in [0.3, 0.4) is 0 Å². The molecule has 0 heterocycles. The summed E-state index contributed by atoms with van der Waals surface area (Å²) in [6, 6.07) is 8.08. The van der Waals surface area contributed by atoms with E-state index in [1.54, 1.807) is 11.8 Å². The fourth-order valence-electron chi connectivity index (χ4n) is 6.61. The number of amides is 3. The van der Waals surface area contributed by atoms with Gasteiger partial charge in [0.25, 0.3) is 0 Å². The molecule has 8 heteroatoms. The summed E-state index contributed by atoms with van der Waals surface area (Å²) in [5.41, 5.74) is 6.86. The summed E-state index contributed by atoms with van der Waals surface area (Å²) in [6.45, 7) is -0.0831. The van der Waals surface area contributed by atoms with Gasteiger partial charge in [-0.3, -0.25) is 14.4 Å². The third-order valence-corrected chi connectivity index (χ3v) is 8.40. The Bertz CT molecular complexity index is 843. The number of nitrogens with two attached hydrogens (primary N) is 1. The van der Waals surface area contributed by atoms with E-state index in [2.05, 4.69) is 16.0 Å². The van der Waals surface area contributed by atoms with E-state index in [4.69, 9.17) is 5.73 Å². The molecule has 4 bridgehead atoms. The Kier molecular flexibility index (Phi) is 8.19. The minimum absolute atomic E-state index is 0.0831. The molecule has 0 radical (unpaired) electrons. The van der Waals surface area contributed by atoms with Crippen LogP contribution in [0.5, 0.6) is 0 Å². The summed E-state index contributed by atoms with van der Waals surface area (Å²) < 4.78 is 0. The zero-order valence-corrected chi connectivity index (χ0v) is 20.9. The van der Waals surface area contributed by atoms with Crippen LogP contribution in [-0.2, 0) is 20.8 Å². The average molecular weight is 487 g/mol. The maximum atomic E-state index is 13.0. The molecule has 3 amide bonds. The molecule has 0 saturated heterocycles. The summed E-state index contributed by atoms with van der Waals surface area (Å²) in [7, 11) is 0. The maximum absolute atomic E-state index is 13.0. The Morgan fingerprint density at radius 3 is 2.24 bits per heavy atom. The molecule has 4 saturated carbocycles. The molecule has 1 aromatic rings. The van der Waals surface area contributed by atoms with E-state index in [-0.39, 0.29) is 29.8 Å². The lowest BCUT2D eigenvalue weighted by molar-refractivity contribution is -0.132. The molecule has 7 nitrogen and oxygen atoms in total. The van der Waals surface area contributed by atoms with E-state index in [1.807, 2.05) is 36.6 Å². The Labute approximate surface area is 206 Å². The summed E-state index contributed by atoms with van der Waals surface area (Å²) in [6.07, 6.45) is 9.98.